The van der Waals surface area contributed by atoms with E-state index in [-0.39, 0.29) is 21.8 Å². The third-order valence-corrected chi connectivity index (χ3v) is 4.36. The van der Waals surface area contributed by atoms with Crippen molar-refractivity contribution in [1.82, 2.24) is 10.9 Å². The fraction of sp³-hybridized carbons (Fsp3) is 1.00. The van der Waals surface area contributed by atoms with Gasteiger partial charge in [0.15, 0.2) is 0 Å². The molecule has 0 heterocycles. The van der Waals surface area contributed by atoms with E-state index < -0.39 is 5.60 Å². The zero-order chi connectivity index (χ0) is 15.7. The molecule has 0 saturated carbocycles. The van der Waals surface area contributed by atoms with Crippen LogP contribution in [0.5, 0.6) is 0 Å². The number of hydrogen-bond acceptors (Lipinski definition) is 5. The molecular weight excluding hydrogens is 244 g/mol. The summed E-state index contributed by atoms with van der Waals surface area (Å²) in [5, 5.41) is 11.8. The minimum absolute atomic E-state index is 0.0621. The number of rotatable bonds is 5. The first-order valence-electron chi connectivity index (χ1n) is 6.71. The number of hydrogen-bond donors (Lipinski definition) is 1. The van der Waals surface area contributed by atoms with Gasteiger partial charge in [0.1, 0.15) is 0 Å². The third kappa shape index (κ3) is 5.36. The van der Waals surface area contributed by atoms with Gasteiger partial charge in [0, 0.05) is 5.54 Å². The summed E-state index contributed by atoms with van der Waals surface area (Å²) in [6, 6.07) is 0. The largest absolute Gasteiger partial charge is 0.736 e. The molecule has 0 spiro atoms. The van der Waals surface area contributed by atoms with Crippen molar-refractivity contribution in [1.29, 1.82) is 0 Å². The molecule has 0 atom stereocenters. The van der Waals surface area contributed by atoms with E-state index in [9.17, 15) is 5.21 Å². The summed E-state index contributed by atoms with van der Waals surface area (Å²) in [6.07, 6.45) is 0. The van der Waals surface area contributed by atoms with Crippen LogP contribution in [0.15, 0.2) is 0 Å². The Morgan fingerprint density at radius 2 is 1.21 bits per heavy atom. The molecule has 0 amide bonds. The first-order valence-corrected chi connectivity index (χ1v) is 6.71. The van der Waals surface area contributed by atoms with E-state index in [0.717, 1.165) is 0 Å². The standard InChI is InChI=1S/C14H31N2O3/c1-11(2,3)13(7,8)15-19-16(17)18-14(9,10)12(4,5)6/h15H,1-10H3/q-1. The van der Waals surface area contributed by atoms with Crippen molar-refractivity contribution in [3.8, 4) is 0 Å². The summed E-state index contributed by atoms with van der Waals surface area (Å²) in [4.78, 5) is 10.3. The molecule has 0 bridgehead atoms. The third-order valence-electron chi connectivity index (χ3n) is 4.36. The van der Waals surface area contributed by atoms with Gasteiger partial charge in [-0.2, -0.15) is 10.4 Å². The molecule has 5 nitrogen and oxygen atoms in total. The number of nitrogens with zero attached hydrogens (tertiary/aromatic N) is 1. The SMILES string of the molecule is CC(C)(C)C(C)(C)NON([O-])OC(C)(C)C(C)(C)C. The van der Waals surface area contributed by atoms with Gasteiger partial charge < -0.3 is 5.21 Å². The van der Waals surface area contributed by atoms with Crippen LogP contribution in [0.2, 0.25) is 0 Å². The average Bonchev–Trinajstić information content (AvgIpc) is 2.10. The molecule has 0 fully saturated rings. The van der Waals surface area contributed by atoms with Crippen molar-refractivity contribution in [3.05, 3.63) is 5.21 Å². The highest BCUT2D eigenvalue weighted by molar-refractivity contribution is 4.87. The summed E-state index contributed by atoms with van der Waals surface area (Å²) in [6.45, 7) is 19.9. The molecule has 116 valence electrons. The molecule has 1 N–H and O–H groups in total. The summed E-state index contributed by atoms with van der Waals surface area (Å²) in [5.41, 5.74) is 1.51. The molecule has 0 rings (SSSR count). The molecule has 0 radical (unpaired) electrons. The zero-order valence-electron chi connectivity index (χ0n) is 14.2. The van der Waals surface area contributed by atoms with E-state index in [1.165, 1.54) is 0 Å². The molecule has 5 heteroatoms. The van der Waals surface area contributed by atoms with Gasteiger partial charge in [-0.1, -0.05) is 41.5 Å². The predicted molar refractivity (Wildman–Crippen MR) is 77.6 cm³/mol. The monoisotopic (exact) mass is 275 g/mol. The second-order valence-corrected chi connectivity index (χ2v) is 8.14. The Balaban J connectivity index is 4.47. The molecule has 0 aromatic carbocycles. The van der Waals surface area contributed by atoms with Crippen molar-refractivity contribution in [2.24, 2.45) is 10.8 Å². The second-order valence-electron chi connectivity index (χ2n) is 8.14. The molecule has 0 saturated heterocycles. The fourth-order valence-corrected chi connectivity index (χ4v) is 0.646. The Labute approximate surface area is 118 Å². The number of hydroxylamine groups is 1. The van der Waals surface area contributed by atoms with E-state index >= 15 is 0 Å². The van der Waals surface area contributed by atoms with Gasteiger partial charge in [-0.15, -0.1) is 5.39 Å². The molecule has 0 unspecified atom stereocenters. The van der Waals surface area contributed by atoms with E-state index in [1.54, 1.807) is 0 Å². The molecule has 0 aliphatic carbocycles. The maximum atomic E-state index is 11.7. The van der Waals surface area contributed by atoms with Crippen LogP contribution in [-0.2, 0) is 9.78 Å². The summed E-state index contributed by atoms with van der Waals surface area (Å²) in [5.74, 6) is 0. The average molecular weight is 275 g/mol. The maximum Gasteiger partial charge on any atom is 0.0907 e. The Bertz CT molecular complexity index is 288. The lowest BCUT2D eigenvalue weighted by atomic mass is 9.77. The van der Waals surface area contributed by atoms with Gasteiger partial charge >= 0.3 is 0 Å². The highest BCUT2D eigenvalue weighted by Crippen LogP contribution is 2.34. The van der Waals surface area contributed by atoms with Gasteiger partial charge in [0.05, 0.1) is 5.60 Å². The van der Waals surface area contributed by atoms with Crippen LogP contribution in [0.25, 0.3) is 0 Å². The molecule has 0 aromatic rings. The number of nitrogens with one attached hydrogen (secondary N) is 1. The first kappa shape index (κ1) is 18.8. The quantitative estimate of drug-likeness (QED) is 0.773. The van der Waals surface area contributed by atoms with E-state index in [4.69, 9.17) is 9.78 Å². The normalized spacial score (nSPS) is 15.2. The molecular formula is C14H31N2O3-. The highest BCUT2D eigenvalue weighted by atomic mass is 17.2. The Kier molecular flexibility index (Phi) is 5.60. The van der Waals surface area contributed by atoms with Crippen LogP contribution in [0.3, 0.4) is 0 Å². The van der Waals surface area contributed by atoms with Crippen molar-refractivity contribution in [3.63, 3.8) is 0 Å². The summed E-state index contributed by atoms with van der Waals surface area (Å²) >= 11 is 0. The van der Waals surface area contributed by atoms with Crippen molar-refractivity contribution >= 4 is 0 Å². The molecule has 19 heavy (non-hydrogen) atoms. The summed E-state index contributed by atoms with van der Waals surface area (Å²) in [7, 11) is 0. The molecule has 0 aliphatic rings. The first-order chi connectivity index (χ1) is 8.10. The minimum atomic E-state index is -0.637. The second kappa shape index (κ2) is 5.66. The van der Waals surface area contributed by atoms with Gasteiger partial charge in [-0.25, -0.2) is 0 Å². The minimum Gasteiger partial charge on any atom is -0.736 e. The topological polar surface area (TPSA) is 56.8 Å². The van der Waals surface area contributed by atoms with E-state index in [1.807, 2.05) is 48.5 Å². The summed E-state index contributed by atoms with van der Waals surface area (Å²) < 4.78 is 0. The molecule has 0 aromatic heterocycles. The van der Waals surface area contributed by atoms with Crippen LogP contribution in [0, 0.1) is 16.0 Å². The van der Waals surface area contributed by atoms with Crippen molar-refractivity contribution in [2.75, 3.05) is 0 Å². The van der Waals surface area contributed by atoms with Crippen molar-refractivity contribution in [2.45, 2.75) is 80.4 Å². The van der Waals surface area contributed by atoms with Crippen LogP contribution in [0.4, 0.5) is 0 Å². The van der Waals surface area contributed by atoms with Crippen LogP contribution >= 0.6 is 0 Å². The Morgan fingerprint density at radius 1 is 0.789 bits per heavy atom. The lowest BCUT2D eigenvalue weighted by Gasteiger charge is -2.45. The van der Waals surface area contributed by atoms with Gasteiger partial charge in [-0.05, 0) is 38.5 Å². The Morgan fingerprint density at radius 3 is 1.53 bits per heavy atom. The molecule has 0 aliphatic heterocycles. The fourth-order valence-electron chi connectivity index (χ4n) is 0.646. The predicted octanol–water partition coefficient (Wildman–Crippen LogP) is 3.80. The smallest absolute Gasteiger partial charge is 0.0907 e. The van der Waals surface area contributed by atoms with Crippen LogP contribution in [0.1, 0.15) is 69.2 Å². The maximum absolute atomic E-state index is 11.7. The van der Waals surface area contributed by atoms with Gasteiger partial charge in [-0.3, -0.25) is 4.84 Å². The van der Waals surface area contributed by atoms with E-state index in [0.29, 0.717) is 0 Å². The zero-order valence-corrected chi connectivity index (χ0v) is 14.2. The van der Waals surface area contributed by atoms with Crippen LogP contribution in [-0.4, -0.2) is 16.5 Å². The van der Waals surface area contributed by atoms with Crippen molar-refractivity contribution < 1.29 is 9.78 Å². The Hall–Kier alpha value is -0.200. The van der Waals surface area contributed by atoms with Crippen LogP contribution < -0.4 is 5.48 Å². The van der Waals surface area contributed by atoms with E-state index in [2.05, 4.69) is 26.3 Å². The van der Waals surface area contributed by atoms with Gasteiger partial charge in [0.2, 0.25) is 0 Å². The lowest BCUT2D eigenvalue weighted by molar-refractivity contribution is -0.419. The lowest BCUT2D eigenvalue weighted by Crippen LogP contribution is -2.53. The van der Waals surface area contributed by atoms with Gasteiger partial charge in [0.25, 0.3) is 0 Å². The highest BCUT2D eigenvalue weighted by Gasteiger charge is 2.36.